The standard InChI is InChI=1S/C8H14N6O/c9-6-2-1-5(3-6)8(15)10-4-7-11-13-14-12-7/h5-6H,1-4,9H2,(H,10,15)(H,11,12,13,14). The van der Waals surface area contributed by atoms with Gasteiger partial charge in [-0.15, -0.1) is 10.2 Å². The number of hydrogen-bond donors (Lipinski definition) is 3. The number of aromatic amines is 1. The minimum absolute atomic E-state index is 0.0350. The van der Waals surface area contributed by atoms with Crippen LogP contribution in [0.4, 0.5) is 0 Å². The van der Waals surface area contributed by atoms with E-state index in [9.17, 15) is 4.79 Å². The molecule has 7 heteroatoms. The van der Waals surface area contributed by atoms with Crippen molar-refractivity contribution >= 4 is 5.91 Å². The highest BCUT2D eigenvalue weighted by atomic mass is 16.1. The van der Waals surface area contributed by atoms with E-state index in [1.165, 1.54) is 0 Å². The molecule has 1 aliphatic rings. The van der Waals surface area contributed by atoms with Gasteiger partial charge in [-0.25, -0.2) is 0 Å². The van der Waals surface area contributed by atoms with Crippen LogP contribution in [-0.4, -0.2) is 32.6 Å². The first-order valence-corrected chi connectivity index (χ1v) is 5.01. The largest absolute Gasteiger partial charge is 0.348 e. The Hall–Kier alpha value is -1.50. The number of nitrogens with zero attached hydrogens (tertiary/aromatic N) is 3. The zero-order valence-electron chi connectivity index (χ0n) is 8.31. The molecule has 4 N–H and O–H groups in total. The number of carbonyl (C=O) groups excluding carboxylic acids is 1. The van der Waals surface area contributed by atoms with Gasteiger partial charge < -0.3 is 11.1 Å². The molecular formula is C8H14N6O. The zero-order valence-corrected chi connectivity index (χ0v) is 8.31. The van der Waals surface area contributed by atoms with Crippen molar-refractivity contribution in [3.05, 3.63) is 5.82 Å². The predicted molar refractivity (Wildman–Crippen MR) is 51.3 cm³/mol. The molecule has 0 spiro atoms. The van der Waals surface area contributed by atoms with Crippen molar-refractivity contribution in [1.29, 1.82) is 0 Å². The highest BCUT2D eigenvalue weighted by Gasteiger charge is 2.27. The molecule has 0 saturated heterocycles. The van der Waals surface area contributed by atoms with Gasteiger partial charge in [0.05, 0.1) is 6.54 Å². The first kappa shape index (κ1) is 10.0. The smallest absolute Gasteiger partial charge is 0.223 e. The number of rotatable bonds is 3. The van der Waals surface area contributed by atoms with Gasteiger partial charge in [0.15, 0.2) is 5.82 Å². The number of tetrazole rings is 1. The molecule has 1 fully saturated rings. The zero-order chi connectivity index (χ0) is 10.7. The summed E-state index contributed by atoms with van der Waals surface area (Å²) < 4.78 is 0. The summed E-state index contributed by atoms with van der Waals surface area (Å²) in [6, 6.07) is 0.172. The topological polar surface area (TPSA) is 110 Å². The molecule has 1 amide bonds. The minimum Gasteiger partial charge on any atom is -0.348 e. The summed E-state index contributed by atoms with van der Waals surface area (Å²) >= 11 is 0. The van der Waals surface area contributed by atoms with E-state index in [1.54, 1.807) is 0 Å². The number of aromatic nitrogens is 4. The summed E-state index contributed by atoms with van der Waals surface area (Å²) in [5.74, 6) is 0.574. The van der Waals surface area contributed by atoms with Crippen LogP contribution in [-0.2, 0) is 11.3 Å². The maximum absolute atomic E-state index is 11.6. The van der Waals surface area contributed by atoms with Gasteiger partial charge in [0, 0.05) is 12.0 Å². The fourth-order valence-corrected chi connectivity index (χ4v) is 1.82. The Kier molecular flexibility index (Phi) is 2.91. The van der Waals surface area contributed by atoms with E-state index < -0.39 is 0 Å². The van der Waals surface area contributed by atoms with Gasteiger partial charge in [0.2, 0.25) is 5.91 Å². The quantitative estimate of drug-likeness (QED) is 0.589. The molecule has 15 heavy (non-hydrogen) atoms. The Labute approximate surface area is 86.8 Å². The molecule has 1 saturated carbocycles. The lowest BCUT2D eigenvalue weighted by Crippen LogP contribution is -2.30. The van der Waals surface area contributed by atoms with Gasteiger partial charge in [0.1, 0.15) is 0 Å². The van der Waals surface area contributed by atoms with E-state index in [2.05, 4.69) is 25.9 Å². The van der Waals surface area contributed by atoms with Gasteiger partial charge in [-0.05, 0) is 19.3 Å². The summed E-state index contributed by atoms with van der Waals surface area (Å²) in [5, 5.41) is 16.0. The van der Waals surface area contributed by atoms with Crippen LogP contribution in [0.25, 0.3) is 0 Å². The molecule has 1 heterocycles. The molecule has 2 unspecified atom stereocenters. The van der Waals surface area contributed by atoms with Crippen LogP contribution >= 0.6 is 0 Å². The summed E-state index contributed by atoms with van der Waals surface area (Å²) in [5.41, 5.74) is 5.73. The molecule has 1 aromatic heterocycles. The average molecular weight is 210 g/mol. The first-order chi connectivity index (χ1) is 7.25. The highest BCUT2D eigenvalue weighted by molar-refractivity contribution is 5.78. The number of H-pyrrole nitrogens is 1. The van der Waals surface area contributed by atoms with Crippen LogP contribution in [0.5, 0.6) is 0 Å². The lowest BCUT2D eigenvalue weighted by Gasteiger charge is -2.08. The van der Waals surface area contributed by atoms with Crippen LogP contribution in [0, 0.1) is 5.92 Å². The molecular weight excluding hydrogens is 196 g/mol. The van der Waals surface area contributed by atoms with Gasteiger partial charge in [-0.1, -0.05) is 5.21 Å². The van der Waals surface area contributed by atoms with E-state index in [-0.39, 0.29) is 17.9 Å². The molecule has 0 aliphatic heterocycles. The predicted octanol–water partition coefficient (Wildman–Crippen LogP) is -1.06. The summed E-state index contributed by atoms with van der Waals surface area (Å²) in [6.07, 6.45) is 2.58. The van der Waals surface area contributed by atoms with E-state index >= 15 is 0 Å². The van der Waals surface area contributed by atoms with Crippen molar-refractivity contribution in [1.82, 2.24) is 25.9 Å². The van der Waals surface area contributed by atoms with E-state index in [0.717, 1.165) is 19.3 Å². The fraction of sp³-hybridized carbons (Fsp3) is 0.750. The molecule has 82 valence electrons. The van der Waals surface area contributed by atoms with Crippen molar-refractivity contribution in [2.75, 3.05) is 0 Å². The Bertz CT molecular complexity index is 324. The molecule has 0 bridgehead atoms. The molecule has 1 aliphatic carbocycles. The summed E-state index contributed by atoms with van der Waals surface area (Å²) in [6.45, 7) is 0.321. The first-order valence-electron chi connectivity index (χ1n) is 5.01. The van der Waals surface area contributed by atoms with Gasteiger partial charge in [-0.2, -0.15) is 5.21 Å². The second-order valence-electron chi connectivity index (χ2n) is 3.82. The molecule has 0 radical (unpaired) electrons. The van der Waals surface area contributed by atoms with Crippen molar-refractivity contribution < 1.29 is 4.79 Å². The van der Waals surface area contributed by atoms with Crippen LogP contribution < -0.4 is 11.1 Å². The highest BCUT2D eigenvalue weighted by Crippen LogP contribution is 2.23. The third kappa shape index (κ3) is 2.50. The maximum atomic E-state index is 11.6. The number of amides is 1. The number of hydrogen-bond acceptors (Lipinski definition) is 5. The Balaban J connectivity index is 1.78. The SMILES string of the molecule is NC1CCC(C(=O)NCc2nn[nH]n2)C1. The second kappa shape index (κ2) is 4.35. The monoisotopic (exact) mass is 210 g/mol. The summed E-state index contributed by atoms with van der Waals surface area (Å²) in [7, 11) is 0. The van der Waals surface area contributed by atoms with Crippen LogP contribution in [0.3, 0.4) is 0 Å². The van der Waals surface area contributed by atoms with Crippen molar-refractivity contribution in [3.63, 3.8) is 0 Å². The molecule has 0 aromatic carbocycles. The maximum Gasteiger partial charge on any atom is 0.223 e. The third-order valence-corrected chi connectivity index (χ3v) is 2.65. The Morgan fingerprint density at radius 1 is 1.60 bits per heavy atom. The Morgan fingerprint density at radius 2 is 2.47 bits per heavy atom. The molecule has 2 atom stereocenters. The third-order valence-electron chi connectivity index (χ3n) is 2.65. The van der Waals surface area contributed by atoms with Crippen molar-refractivity contribution in [2.45, 2.75) is 31.8 Å². The fourth-order valence-electron chi connectivity index (χ4n) is 1.82. The second-order valence-corrected chi connectivity index (χ2v) is 3.82. The number of nitrogens with one attached hydrogen (secondary N) is 2. The normalized spacial score (nSPS) is 25.4. The molecule has 2 rings (SSSR count). The Morgan fingerprint density at radius 3 is 3.07 bits per heavy atom. The molecule has 7 nitrogen and oxygen atoms in total. The molecule has 1 aromatic rings. The van der Waals surface area contributed by atoms with Gasteiger partial charge >= 0.3 is 0 Å². The van der Waals surface area contributed by atoms with Crippen molar-refractivity contribution in [2.24, 2.45) is 11.7 Å². The average Bonchev–Trinajstić information content (AvgIpc) is 2.84. The van der Waals surface area contributed by atoms with Gasteiger partial charge in [0.25, 0.3) is 0 Å². The van der Waals surface area contributed by atoms with Crippen LogP contribution in [0.1, 0.15) is 25.1 Å². The van der Waals surface area contributed by atoms with E-state index in [0.29, 0.717) is 12.4 Å². The summed E-state index contributed by atoms with van der Waals surface area (Å²) in [4.78, 5) is 11.6. The minimum atomic E-state index is 0.0350. The number of nitrogens with two attached hydrogens (primary N) is 1. The van der Waals surface area contributed by atoms with Crippen LogP contribution in [0.15, 0.2) is 0 Å². The number of carbonyl (C=O) groups is 1. The van der Waals surface area contributed by atoms with Crippen molar-refractivity contribution in [3.8, 4) is 0 Å². The van der Waals surface area contributed by atoms with Crippen LogP contribution in [0.2, 0.25) is 0 Å². The van der Waals surface area contributed by atoms with E-state index in [4.69, 9.17) is 5.73 Å². The van der Waals surface area contributed by atoms with E-state index in [1.807, 2.05) is 0 Å². The van der Waals surface area contributed by atoms with Gasteiger partial charge in [-0.3, -0.25) is 4.79 Å². The lowest BCUT2D eigenvalue weighted by molar-refractivity contribution is -0.125. The lowest BCUT2D eigenvalue weighted by atomic mass is 10.1.